The van der Waals surface area contributed by atoms with Gasteiger partial charge in [0.1, 0.15) is 17.7 Å². The standard InChI is InChI=1S/C45H35N3O/c1-29-25-34(38-20-12-22-41-43(38)39-19-10-11-21-40(39)49-41)27-35-26-33(23-24-36(29)35)45-47-42(46-44(48-45)31-15-6-3-7-16-31)28-32-17-8-9-18-37(32)30-13-4-2-5-14-30/h2-24,26-27,29,41,43H,25,28H2,1H3. The third-order valence-corrected chi connectivity index (χ3v) is 10.0. The molecule has 9 rings (SSSR count). The summed E-state index contributed by atoms with van der Waals surface area (Å²) in [5.41, 5.74) is 12.1. The van der Waals surface area contributed by atoms with E-state index in [9.17, 15) is 0 Å². The predicted molar refractivity (Wildman–Crippen MR) is 197 cm³/mol. The molecule has 0 fully saturated rings. The smallest absolute Gasteiger partial charge is 0.163 e. The van der Waals surface area contributed by atoms with Crippen molar-refractivity contribution in [2.24, 2.45) is 0 Å². The Morgan fingerprint density at radius 1 is 0.673 bits per heavy atom. The lowest BCUT2D eigenvalue weighted by Crippen LogP contribution is -2.22. The van der Waals surface area contributed by atoms with Crippen LogP contribution in [0.1, 0.15) is 53.3 Å². The first-order valence-electron chi connectivity index (χ1n) is 17.1. The molecule has 1 aliphatic heterocycles. The SMILES string of the molecule is CC1CC(C2=CC=CC3Oc4ccccc4C23)=Cc2cc(-c3nc(Cc4ccccc4-c4ccccc4)nc(-c4ccccc4)n3)ccc21. The number of rotatable bonds is 6. The van der Waals surface area contributed by atoms with Gasteiger partial charge in [-0.05, 0) is 69.5 Å². The molecule has 5 aromatic carbocycles. The maximum absolute atomic E-state index is 6.36. The first-order chi connectivity index (χ1) is 24.2. The molecule has 0 saturated carbocycles. The highest BCUT2D eigenvalue weighted by atomic mass is 16.5. The number of benzene rings is 5. The van der Waals surface area contributed by atoms with Gasteiger partial charge in [-0.3, -0.25) is 0 Å². The second-order valence-electron chi connectivity index (χ2n) is 13.2. The Bertz CT molecular complexity index is 2290. The Morgan fingerprint density at radius 2 is 1.39 bits per heavy atom. The summed E-state index contributed by atoms with van der Waals surface area (Å²) in [5.74, 6) is 3.71. The fourth-order valence-electron chi connectivity index (χ4n) is 7.67. The van der Waals surface area contributed by atoms with Crippen LogP contribution in [-0.2, 0) is 6.42 Å². The minimum atomic E-state index is 0.0356. The van der Waals surface area contributed by atoms with Crippen molar-refractivity contribution in [1.82, 2.24) is 15.0 Å². The highest BCUT2D eigenvalue weighted by Gasteiger charge is 2.38. The van der Waals surface area contributed by atoms with Crippen LogP contribution in [0.4, 0.5) is 0 Å². The summed E-state index contributed by atoms with van der Waals surface area (Å²) >= 11 is 0. The maximum Gasteiger partial charge on any atom is 0.163 e. The molecular formula is C45H35N3O. The Kier molecular flexibility index (Phi) is 7.35. The van der Waals surface area contributed by atoms with E-state index in [1.807, 2.05) is 18.2 Å². The third kappa shape index (κ3) is 5.49. The Morgan fingerprint density at radius 3 is 2.22 bits per heavy atom. The van der Waals surface area contributed by atoms with Gasteiger partial charge >= 0.3 is 0 Å². The number of hydrogen-bond acceptors (Lipinski definition) is 4. The lowest BCUT2D eigenvalue weighted by Gasteiger charge is -2.29. The zero-order valence-electron chi connectivity index (χ0n) is 27.3. The fraction of sp³-hybridized carbons (Fsp3) is 0.133. The molecule has 2 aliphatic carbocycles. The highest BCUT2D eigenvalue weighted by Crippen LogP contribution is 2.49. The first-order valence-corrected chi connectivity index (χ1v) is 17.1. The van der Waals surface area contributed by atoms with Gasteiger partial charge in [0.2, 0.25) is 0 Å². The number of hydrogen-bond donors (Lipinski definition) is 0. The van der Waals surface area contributed by atoms with E-state index in [2.05, 4.69) is 140 Å². The maximum atomic E-state index is 6.36. The molecule has 6 aromatic rings. The van der Waals surface area contributed by atoms with Gasteiger partial charge in [-0.25, -0.2) is 15.0 Å². The average Bonchev–Trinajstić information content (AvgIpc) is 3.54. The van der Waals surface area contributed by atoms with Crippen LogP contribution < -0.4 is 4.74 Å². The molecule has 0 saturated heterocycles. The van der Waals surface area contributed by atoms with E-state index in [1.54, 1.807) is 0 Å². The average molecular weight is 634 g/mol. The van der Waals surface area contributed by atoms with Crippen LogP contribution in [0.5, 0.6) is 5.75 Å². The summed E-state index contributed by atoms with van der Waals surface area (Å²) in [6, 6.07) is 44.5. The van der Waals surface area contributed by atoms with Gasteiger partial charge in [-0.2, -0.15) is 0 Å². The molecule has 0 bridgehead atoms. The molecule has 0 N–H and O–H groups in total. The van der Waals surface area contributed by atoms with E-state index in [0.717, 1.165) is 29.1 Å². The molecule has 0 spiro atoms. The van der Waals surface area contributed by atoms with Crippen LogP contribution >= 0.6 is 0 Å². The second-order valence-corrected chi connectivity index (χ2v) is 13.2. The van der Waals surface area contributed by atoms with Crippen molar-refractivity contribution in [2.75, 3.05) is 0 Å². The van der Waals surface area contributed by atoms with Crippen molar-refractivity contribution in [1.29, 1.82) is 0 Å². The summed E-state index contributed by atoms with van der Waals surface area (Å²) in [5, 5.41) is 0. The van der Waals surface area contributed by atoms with Crippen molar-refractivity contribution in [3.8, 4) is 39.7 Å². The number of para-hydroxylation sites is 1. The van der Waals surface area contributed by atoms with E-state index < -0.39 is 0 Å². The van der Waals surface area contributed by atoms with Crippen LogP contribution in [0.3, 0.4) is 0 Å². The molecule has 49 heavy (non-hydrogen) atoms. The number of allylic oxidation sites excluding steroid dienone is 3. The van der Waals surface area contributed by atoms with Gasteiger partial charge in [0.25, 0.3) is 0 Å². The van der Waals surface area contributed by atoms with Gasteiger partial charge in [-0.15, -0.1) is 0 Å². The van der Waals surface area contributed by atoms with Crippen LogP contribution in [0.15, 0.2) is 157 Å². The number of ether oxygens (including phenoxy) is 1. The summed E-state index contributed by atoms with van der Waals surface area (Å²) in [6.07, 6.45) is 10.7. The van der Waals surface area contributed by atoms with E-state index in [-0.39, 0.29) is 12.0 Å². The lowest BCUT2D eigenvalue weighted by molar-refractivity contribution is 0.265. The molecule has 0 amide bonds. The van der Waals surface area contributed by atoms with Crippen LogP contribution in [0, 0.1) is 0 Å². The zero-order valence-corrected chi connectivity index (χ0v) is 27.3. The Labute approximate surface area is 287 Å². The van der Waals surface area contributed by atoms with E-state index in [4.69, 9.17) is 19.7 Å². The topological polar surface area (TPSA) is 47.9 Å². The molecule has 3 aliphatic rings. The van der Waals surface area contributed by atoms with Crippen molar-refractivity contribution < 1.29 is 4.74 Å². The minimum Gasteiger partial charge on any atom is -0.485 e. The van der Waals surface area contributed by atoms with Gasteiger partial charge in [-0.1, -0.05) is 140 Å². The molecular weight excluding hydrogens is 599 g/mol. The van der Waals surface area contributed by atoms with Crippen LogP contribution in [0.25, 0.3) is 40.0 Å². The molecule has 4 nitrogen and oxygen atoms in total. The Hall–Kier alpha value is -5.87. The highest BCUT2D eigenvalue weighted by molar-refractivity contribution is 5.73. The van der Waals surface area contributed by atoms with Gasteiger partial charge in [0, 0.05) is 23.1 Å². The molecule has 2 heterocycles. The fourth-order valence-corrected chi connectivity index (χ4v) is 7.67. The van der Waals surface area contributed by atoms with Crippen molar-refractivity contribution in [3.05, 3.63) is 185 Å². The molecule has 1 aromatic heterocycles. The predicted octanol–water partition coefficient (Wildman–Crippen LogP) is 10.4. The Balaban J connectivity index is 1.12. The summed E-state index contributed by atoms with van der Waals surface area (Å²) in [6.45, 7) is 2.33. The second kappa shape index (κ2) is 12.3. The summed E-state index contributed by atoms with van der Waals surface area (Å²) in [7, 11) is 0. The number of aromatic nitrogens is 3. The minimum absolute atomic E-state index is 0.0356. The molecule has 236 valence electrons. The van der Waals surface area contributed by atoms with Crippen molar-refractivity contribution in [2.45, 2.75) is 37.7 Å². The third-order valence-electron chi connectivity index (χ3n) is 10.0. The zero-order chi connectivity index (χ0) is 32.7. The van der Waals surface area contributed by atoms with Crippen molar-refractivity contribution in [3.63, 3.8) is 0 Å². The normalized spacial score (nSPS) is 18.8. The van der Waals surface area contributed by atoms with E-state index in [1.165, 1.54) is 44.5 Å². The van der Waals surface area contributed by atoms with E-state index >= 15 is 0 Å². The lowest BCUT2D eigenvalue weighted by atomic mass is 9.74. The molecule has 0 radical (unpaired) electrons. The number of nitrogens with zero attached hydrogens (tertiary/aromatic N) is 3. The summed E-state index contributed by atoms with van der Waals surface area (Å²) in [4.78, 5) is 15.2. The molecule has 3 atom stereocenters. The van der Waals surface area contributed by atoms with Crippen LogP contribution in [-0.4, -0.2) is 21.1 Å². The number of fused-ring (bicyclic) bond motifs is 4. The largest absolute Gasteiger partial charge is 0.485 e. The molecule has 4 heteroatoms. The molecule has 3 unspecified atom stereocenters. The summed E-state index contributed by atoms with van der Waals surface area (Å²) < 4.78 is 6.36. The monoisotopic (exact) mass is 633 g/mol. The van der Waals surface area contributed by atoms with Gasteiger partial charge in [0.05, 0.1) is 5.92 Å². The van der Waals surface area contributed by atoms with Gasteiger partial charge in [0.15, 0.2) is 11.6 Å². The van der Waals surface area contributed by atoms with Gasteiger partial charge < -0.3 is 4.74 Å². The van der Waals surface area contributed by atoms with Crippen LogP contribution in [0.2, 0.25) is 0 Å². The van der Waals surface area contributed by atoms with Crippen molar-refractivity contribution >= 4 is 6.08 Å². The van der Waals surface area contributed by atoms with E-state index in [0.29, 0.717) is 24.0 Å². The first kappa shape index (κ1) is 29.3. The quantitative estimate of drug-likeness (QED) is 0.183.